The summed E-state index contributed by atoms with van der Waals surface area (Å²) in [5.41, 5.74) is 5.66. The molecule has 0 bridgehead atoms. The minimum absolute atomic E-state index is 0.0343. The third kappa shape index (κ3) is 5.79. The Bertz CT molecular complexity index is 1060. The van der Waals surface area contributed by atoms with Crippen molar-refractivity contribution in [1.82, 2.24) is 9.88 Å². The second-order valence-electron chi connectivity index (χ2n) is 8.40. The summed E-state index contributed by atoms with van der Waals surface area (Å²) < 4.78 is 5.52. The van der Waals surface area contributed by atoms with Gasteiger partial charge in [-0.1, -0.05) is 37.3 Å². The molecule has 1 amide bonds. The van der Waals surface area contributed by atoms with Crippen molar-refractivity contribution in [2.45, 2.75) is 33.4 Å². The summed E-state index contributed by atoms with van der Waals surface area (Å²) >= 11 is 1.51. The number of morpholine rings is 1. The first kappa shape index (κ1) is 23.4. The van der Waals surface area contributed by atoms with Crippen molar-refractivity contribution < 1.29 is 9.53 Å². The van der Waals surface area contributed by atoms with E-state index in [1.54, 1.807) is 11.8 Å². The summed E-state index contributed by atoms with van der Waals surface area (Å²) in [6.07, 6.45) is 0.975. The predicted octanol–water partition coefficient (Wildman–Crippen LogP) is 4.86. The van der Waals surface area contributed by atoms with Gasteiger partial charge in [-0.15, -0.1) is 11.3 Å². The fourth-order valence-electron chi connectivity index (χ4n) is 4.16. The van der Waals surface area contributed by atoms with Gasteiger partial charge < -0.3 is 9.64 Å². The third-order valence-electron chi connectivity index (χ3n) is 5.86. The minimum Gasteiger partial charge on any atom is -0.378 e. The van der Waals surface area contributed by atoms with Crippen molar-refractivity contribution in [3.8, 4) is 0 Å². The van der Waals surface area contributed by atoms with Gasteiger partial charge in [-0.3, -0.25) is 14.6 Å². The number of aromatic nitrogens is 1. The Hall–Kier alpha value is -2.74. The van der Waals surface area contributed by atoms with Gasteiger partial charge in [-0.05, 0) is 42.8 Å². The largest absolute Gasteiger partial charge is 0.378 e. The quantitative estimate of drug-likeness (QED) is 0.477. The third-order valence-corrected chi connectivity index (χ3v) is 6.74. The van der Waals surface area contributed by atoms with Crippen LogP contribution in [0.2, 0.25) is 0 Å². The highest BCUT2D eigenvalue weighted by Gasteiger charge is 2.19. The van der Waals surface area contributed by atoms with Gasteiger partial charge in [0.15, 0.2) is 5.13 Å². The Kier molecular flexibility index (Phi) is 7.75. The zero-order valence-corrected chi connectivity index (χ0v) is 20.5. The molecule has 3 aromatic rings. The molecule has 2 heterocycles. The SMILES string of the molecule is CCc1ccc(N(C(C)=O)c2nc(CN(C)Cc3ccccc3N3CCOCC3)cs2)cc1. The highest BCUT2D eigenvalue weighted by atomic mass is 32.1. The fraction of sp³-hybridized carbons (Fsp3) is 0.385. The van der Waals surface area contributed by atoms with Crippen LogP contribution in [0.5, 0.6) is 0 Å². The number of hydrogen-bond donors (Lipinski definition) is 0. The number of thiazole rings is 1. The summed E-state index contributed by atoms with van der Waals surface area (Å²) in [7, 11) is 2.11. The molecular formula is C26H32N4O2S. The molecule has 4 rings (SSSR count). The van der Waals surface area contributed by atoms with Gasteiger partial charge in [-0.25, -0.2) is 4.98 Å². The lowest BCUT2D eigenvalue weighted by Crippen LogP contribution is -2.37. The molecule has 0 aliphatic carbocycles. The number of anilines is 3. The number of carbonyl (C=O) groups excluding carboxylic acids is 1. The summed E-state index contributed by atoms with van der Waals surface area (Å²) in [5.74, 6) is -0.0343. The van der Waals surface area contributed by atoms with Gasteiger partial charge in [0, 0.05) is 44.2 Å². The van der Waals surface area contributed by atoms with Crippen molar-refractivity contribution in [1.29, 1.82) is 0 Å². The number of rotatable bonds is 8. The molecule has 2 aromatic carbocycles. The Labute approximate surface area is 200 Å². The van der Waals surface area contributed by atoms with Crippen LogP contribution in [0, 0.1) is 0 Å². The van der Waals surface area contributed by atoms with Gasteiger partial charge in [0.25, 0.3) is 0 Å². The van der Waals surface area contributed by atoms with Gasteiger partial charge in [0.1, 0.15) is 0 Å². The first-order valence-electron chi connectivity index (χ1n) is 11.5. The Morgan fingerprint density at radius 3 is 2.52 bits per heavy atom. The summed E-state index contributed by atoms with van der Waals surface area (Å²) in [4.78, 5) is 23.6. The van der Waals surface area contributed by atoms with Crippen molar-refractivity contribution in [2.24, 2.45) is 0 Å². The minimum atomic E-state index is -0.0343. The molecule has 33 heavy (non-hydrogen) atoms. The number of hydrogen-bond acceptors (Lipinski definition) is 6. The monoisotopic (exact) mass is 464 g/mol. The molecule has 0 spiro atoms. The van der Waals surface area contributed by atoms with Crippen molar-refractivity contribution in [2.75, 3.05) is 43.2 Å². The molecule has 1 aliphatic heterocycles. The number of amides is 1. The molecule has 0 atom stereocenters. The molecule has 0 saturated carbocycles. The van der Waals surface area contributed by atoms with E-state index in [9.17, 15) is 4.79 Å². The lowest BCUT2D eigenvalue weighted by Gasteiger charge is -2.31. The van der Waals surface area contributed by atoms with Crippen molar-refractivity contribution >= 4 is 33.8 Å². The maximum atomic E-state index is 12.4. The van der Waals surface area contributed by atoms with E-state index in [4.69, 9.17) is 9.72 Å². The Morgan fingerprint density at radius 1 is 1.09 bits per heavy atom. The van der Waals surface area contributed by atoms with Crippen LogP contribution in [0.3, 0.4) is 0 Å². The number of aryl methyl sites for hydroxylation is 1. The van der Waals surface area contributed by atoms with Crippen LogP contribution >= 0.6 is 11.3 Å². The van der Waals surface area contributed by atoms with Crippen molar-refractivity contribution in [3.05, 3.63) is 70.7 Å². The number of carbonyl (C=O) groups is 1. The molecule has 6 nitrogen and oxygen atoms in total. The van der Waals surface area contributed by atoms with E-state index in [1.807, 2.05) is 12.1 Å². The van der Waals surface area contributed by atoms with E-state index in [2.05, 4.69) is 65.5 Å². The molecule has 1 aliphatic rings. The van der Waals surface area contributed by atoms with Gasteiger partial charge in [-0.2, -0.15) is 0 Å². The Morgan fingerprint density at radius 2 is 1.82 bits per heavy atom. The lowest BCUT2D eigenvalue weighted by atomic mass is 10.1. The average Bonchev–Trinajstić information content (AvgIpc) is 3.27. The van der Waals surface area contributed by atoms with Gasteiger partial charge in [0.05, 0.1) is 24.6 Å². The second kappa shape index (κ2) is 10.9. The van der Waals surface area contributed by atoms with E-state index in [1.165, 1.54) is 28.2 Å². The molecule has 0 unspecified atom stereocenters. The fourth-order valence-corrected chi connectivity index (χ4v) is 5.04. The maximum Gasteiger partial charge on any atom is 0.230 e. The standard InChI is InChI=1S/C26H32N4O2S/c1-4-21-9-11-24(12-10-21)30(20(2)31)26-27-23(19-33-26)18-28(3)17-22-7-5-6-8-25(22)29-13-15-32-16-14-29/h5-12,19H,4,13-18H2,1-3H3. The van der Waals surface area contributed by atoms with E-state index in [0.717, 1.165) is 50.7 Å². The zero-order chi connectivity index (χ0) is 23.2. The van der Waals surface area contributed by atoms with Crippen LogP contribution in [0.4, 0.5) is 16.5 Å². The first-order valence-corrected chi connectivity index (χ1v) is 12.4. The van der Waals surface area contributed by atoms with Crippen LogP contribution in [-0.4, -0.2) is 49.1 Å². The number of para-hydroxylation sites is 1. The van der Waals surface area contributed by atoms with E-state index in [-0.39, 0.29) is 5.91 Å². The highest BCUT2D eigenvalue weighted by molar-refractivity contribution is 7.14. The van der Waals surface area contributed by atoms with Gasteiger partial charge >= 0.3 is 0 Å². The first-order chi connectivity index (χ1) is 16.0. The highest BCUT2D eigenvalue weighted by Crippen LogP contribution is 2.30. The molecule has 7 heteroatoms. The van der Waals surface area contributed by atoms with E-state index in [0.29, 0.717) is 11.7 Å². The van der Waals surface area contributed by atoms with E-state index < -0.39 is 0 Å². The molecule has 174 valence electrons. The summed E-state index contributed by atoms with van der Waals surface area (Å²) in [6.45, 7) is 8.67. The predicted molar refractivity (Wildman–Crippen MR) is 135 cm³/mol. The molecule has 0 radical (unpaired) electrons. The van der Waals surface area contributed by atoms with Gasteiger partial charge in [0.2, 0.25) is 5.91 Å². The summed E-state index contributed by atoms with van der Waals surface area (Å²) in [5, 5.41) is 2.76. The Balaban J connectivity index is 1.45. The van der Waals surface area contributed by atoms with Crippen LogP contribution in [-0.2, 0) is 29.0 Å². The van der Waals surface area contributed by atoms with Crippen molar-refractivity contribution in [3.63, 3.8) is 0 Å². The molecule has 0 N–H and O–H groups in total. The number of ether oxygens (including phenoxy) is 1. The number of benzene rings is 2. The van der Waals surface area contributed by atoms with Crippen LogP contribution in [0.25, 0.3) is 0 Å². The normalized spacial score (nSPS) is 14.0. The number of nitrogens with zero attached hydrogens (tertiary/aromatic N) is 4. The van der Waals surface area contributed by atoms with E-state index >= 15 is 0 Å². The summed E-state index contributed by atoms with van der Waals surface area (Å²) in [6, 6.07) is 16.7. The molecule has 1 fully saturated rings. The topological polar surface area (TPSA) is 48.9 Å². The van der Waals surface area contributed by atoms with Crippen LogP contribution in [0.1, 0.15) is 30.7 Å². The maximum absolute atomic E-state index is 12.4. The zero-order valence-electron chi connectivity index (χ0n) is 19.7. The van der Waals surface area contributed by atoms with Crippen LogP contribution < -0.4 is 9.80 Å². The smallest absolute Gasteiger partial charge is 0.230 e. The van der Waals surface area contributed by atoms with Crippen LogP contribution in [0.15, 0.2) is 53.9 Å². The molecule has 1 saturated heterocycles. The molecule has 1 aromatic heterocycles. The second-order valence-corrected chi connectivity index (χ2v) is 9.23. The molecular weight excluding hydrogens is 432 g/mol. The lowest BCUT2D eigenvalue weighted by molar-refractivity contribution is -0.115. The average molecular weight is 465 g/mol.